The number of aliphatic hydroxyl groups is 1. The molecule has 0 bridgehead atoms. The number of halogens is 1. The van der Waals surface area contributed by atoms with E-state index in [1.165, 1.54) is 30.5 Å². The lowest BCUT2D eigenvalue weighted by atomic mass is 9.94. The van der Waals surface area contributed by atoms with Gasteiger partial charge in [0.25, 0.3) is 0 Å². The van der Waals surface area contributed by atoms with E-state index < -0.39 is 5.97 Å². The van der Waals surface area contributed by atoms with Crippen LogP contribution in [0.4, 0.5) is 10.1 Å². The van der Waals surface area contributed by atoms with Crippen molar-refractivity contribution in [2.75, 3.05) is 18.9 Å². The standard InChI is InChI=1S/C27H26FN3O4.C2H6/c1-15(2)26-25(20-8-3-16(27(33)34)12-24(20)35-10-9-32)21-13-22(30)17(14-29)11-23(21)31(26)19-6-4-18(28)5-7-19;1-2/h3-8,11-15,29,32H,9-10,30H2,1-2H3,(H,33,34);1-2H3. The molecule has 5 N–H and O–H groups in total. The quantitative estimate of drug-likeness (QED) is 0.167. The molecule has 8 heteroatoms. The average Bonchev–Trinajstić information content (AvgIpc) is 3.22. The van der Waals surface area contributed by atoms with E-state index in [4.69, 9.17) is 15.9 Å². The predicted molar refractivity (Wildman–Crippen MR) is 146 cm³/mol. The highest BCUT2D eigenvalue weighted by molar-refractivity contribution is 6.05. The number of hydrogen-bond donors (Lipinski definition) is 4. The molecule has 0 aliphatic carbocycles. The van der Waals surface area contributed by atoms with Crippen LogP contribution in [0.3, 0.4) is 0 Å². The zero-order valence-corrected chi connectivity index (χ0v) is 21.4. The van der Waals surface area contributed by atoms with E-state index in [1.807, 2.05) is 38.3 Å². The minimum Gasteiger partial charge on any atom is -0.491 e. The van der Waals surface area contributed by atoms with Crippen LogP contribution in [-0.4, -0.2) is 40.2 Å². The van der Waals surface area contributed by atoms with Crippen LogP contribution < -0.4 is 10.5 Å². The Balaban J connectivity index is 0.00000186. The predicted octanol–water partition coefficient (Wildman–Crippen LogP) is 6.24. The van der Waals surface area contributed by atoms with Gasteiger partial charge < -0.3 is 30.7 Å². The number of hydrogen-bond acceptors (Lipinski definition) is 5. The van der Waals surface area contributed by atoms with Crippen molar-refractivity contribution in [1.82, 2.24) is 4.57 Å². The smallest absolute Gasteiger partial charge is 0.335 e. The van der Waals surface area contributed by atoms with Crippen molar-refractivity contribution in [3.8, 4) is 22.6 Å². The molecule has 0 spiro atoms. The molecule has 1 heterocycles. The number of nitrogens with zero attached hydrogens (tertiary/aromatic N) is 1. The zero-order chi connectivity index (χ0) is 27.3. The largest absolute Gasteiger partial charge is 0.491 e. The van der Waals surface area contributed by atoms with Gasteiger partial charge in [0, 0.05) is 45.4 Å². The zero-order valence-electron chi connectivity index (χ0n) is 21.4. The summed E-state index contributed by atoms with van der Waals surface area (Å²) in [5, 5.41) is 27.4. The van der Waals surface area contributed by atoms with Crippen LogP contribution in [0.25, 0.3) is 27.7 Å². The SMILES string of the molecule is CC.CC(C)c1c(-c2ccc(C(=O)O)cc2OCCO)c2cc(N)c(C=N)cc2n1-c1ccc(F)cc1. The molecule has 0 fully saturated rings. The van der Waals surface area contributed by atoms with Crippen molar-refractivity contribution < 1.29 is 24.1 Å². The van der Waals surface area contributed by atoms with Crippen LogP contribution in [-0.2, 0) is 0 Å². The maximum atomic E-state index is 13.8. The number of nitrogens with two attached hydrogens (primary N) is 1. The van der Waals surface area contributed by atoms with Crippen LogP contribution in [0.1, 0.15) is 55.2 Å². The molecule has 3 aromatic carbocycles. The summed E-state index contributed by atoms with van der Waals surface area (Å²) in [6.45, 7) is 7.81. The van der Waals surface area contributed by atoms with Crippen LogP contribution >= 0.6 is 0 Å². The number of aromatic carboxylic acids is 1. The number of ether oxygens (including phenoxy) is 1. The normalized spacial score (nSPS) is 10.8. The number of fused-ring (bicyclic) bond motifs is 1. The number of aliphatic hydroxyl groups excluding tert-OH is 1. The third kappa shape index (κ3) is 5.34. The molecule has 0 saturated carbocycles. The number of nitrogen functional groups attached to an aromatic ring is 1. The minimum atomic E-state index is -1.09. The van der Waals surface area contributed by atoms with Gasteiger partial charge in [-0.25, -0.2) is 9.18 Å². The van der Waals surface area contributed by atoms with Crippen molar-refractivity contribution in [3.63, 3.8) is 0 Å². The Kier molecular flexibility index (Phi) is 8.68. The maximum absolute atomic E-state index is 13.8. The Bertz CT molecular complexity index is 1430. The highest BCUT2D eigenvalue weighted by Gasteiger charge is 2.25. The Morgan fingerprint density at radius 3 is 2.38 bits per heavy atom. The van der Waals surface area contributed by atoms with Crippen molar-refractivity contribution in [2.24, 2.45) is 0 Å². The lowest BCUT2D eigenvalue weighted by Gasteiger charge is -2.18. The number of benzene rings is 3. The molecular weight excluding hydrogens is 473 g/mol. The Labute approximate surface area is 215 Å². The molecular formula is C29H32FN3O4. The molecule has 0 saturated heterocycles. The van der Waals surface area contributed by atoms with Crippen LogP contribution in [0.5, 0.6) is 5.75 Å². The van der Waals surface area contributed by atoms with E-state index in [2.05, 4.69) is 0 Å². The molecule has 1 aromatic heterocycles. The monoisotopic (exact) mass is 505 g/mol. The fraction of sp³-hybridized carbons (Fsp3) is 0.241. The van der Waals surface area contributed by atoms with Gasteiger partial charge in [0.2, 0.25) is 0 Å². The van der Waals surface area contributed by atoms with Crippen LogP contribution in [0.15, 0.2) is 54.6 Å². The minimum absolute atomic E-state index is 0.0101. The van der Waals surface area contributed by atoms with Crippen molar-refractivity contribution >= 4 is 28.8 Å². The summed E-state index contributed by atoms with van der Waals surface area (Å²) in [6.07, 6.45) is 1.18. The molecule has 0 aliphatic heterocycles. The summed E-state index contributed by atoms with van der Waals surface area (Å²) >= 11 is 0. The summed E-state index contributed by atoms with van der Waals surface area (Å²) in [5.41, 5.74) is 11.1. The first-order valence-corrected chi connectivity index (χ1v) is 12.1. The molecule has 194 valence electrons. The lowest BCUT2D eigenvalue weighted by Crippen LogP contribution is -2.06. The molecule has 0 radical (unpaired) electrons. The van der Waals surface area contributed by atoms with Gasteiger partial charge >= 0.3 is 5.97 Å². The van der Waals surface area contributed by atoms with Gasteiger partial charge in [0.1, 0.15) is 18.2 Å². The lowest BCUT2D eigenvalue weighted by molar-refractivity contribution is 0.0696. The molecule has 4 aromatic rings. The van der Waals surface area contributed by atoms with E-state index >= 15 is 0 Å². The second-order valence-electron chi connectivity index (χ2n) is 8.46. The summed E-state index contributed by atoms with van der Waals surface area (Å²) in [6, 6.07) is 14.4. The highest BCUT2D eigenvalue weighted by atomic mass is 19.1. The molecule has 0 unspecified atom stereocenters. The number of aromatic nitrogens is 1. The molecule has 7 nitrogen and oxygen atoms in total. The Morgan fingerprint density at radius 1 is 1.14 bits per heavy atom. The third-order valence-corrected chi connectivity index (χ3v) is 5.84. The first-order valence-electron chi connectivity index (χ1n) is 12.1. The summed E-state index contributed by atoms with van der Waals surface area (Å²) < 4.78 is 21.5. The van der Waals surface area contributed by atoms with Crippen LogP contribution in [0, 0.1) is 11.2 Å². The van der Waals surface area contributed by atoms with Crippen molar-refractivity contribution in [2.45, 2.75) is 33.6 Å². The van der Waals surface area contributed by atoms with Crippen molar-refractivity contribution in [1.29, 1.82) is 5.41 Å². The van der Waals surface area contributed by atoms with E-state index in [0.717, 1.165) is 27.8 Å². The fourth-order valence-corrected chi connectivity index (χ4v) is 4.35. The van der Waals surface area contributed by atoms with Gasteiger partial charge in [-0.15, -0.1) is 0 Å². The number of carboxylic acid groups (broad SMARTS) is 1. The summed E-state index contributed by atoms with van der Waals surface area (Å²) in [5.74, 6) is -1.15. The number of nitrogens with one attached hydrogen (secondary N) is 1. The summed E-state index contributed by atoms with van der Waals surface area (Å²) in [4.78, 5) is 11.6. The Hall–Kier alpha value is -4.17. The fourth-order valence-electron chi connectivity index (χ4n) is 4.35. The van der Waals surface area contributed by atoms with E-state index in [1.54, 1.807) is 24.3 Å². The number of anilines is 1. The van der Waals surface area contributed by atoms with Crippen LogP contribution in [0.2, 0.25) is 0 Å². The first-order chi connectivity index (χ1) is 17.8. The highest BCUT2D eigenvalue weighted by Crippen LogP contribution is 2.45. The van der Waals surface area contributed by atoms with Gasteiger partial charge in [-0.2, -0.15) is 0 Å². The number of carbonyl (C=O) groups is 1. The molecule has 0 amide bonds. The molecule has 37 heavy (non-hydrogen) atoms. The van der Waals surface area contributed by atoms with Gasteiger partial charge in [0.15, 0.2) is 0 Å². The molecule has 0 aliphatic rings. The second kappa shape index (κ2) is 11.7. The van der Waals surface area contributed by atoms with Gasteiger partial charge in [-0.1, -0.05) is 27.7 Å². The van der Waals surface area contributed by atoms with Gasteiger partial charge in [0.05, 0.1) is 17.7 Å². The average molecular weight is 506 g/mol. The second-order valence-corrected chi connectivity index (χ2v) is 8.46. The van der Waals surface area contributed by atoms with Gasteiger partial charge in [-0.05, 0) is 60.5 Å². The van der Waals surface area contributed by atoms with Crippen molar-refractivity contribution in [3.05, 3.63) is 77.2 Å². The van der Waals surface area contributed by atoms with E-state index in [9.17, 15) is 19.4 Å². The number of carboxylic acids is 1. The maximum Gasteiger partial charge on any atom is 0.335 e. The summed E-state index contributed by atoms with van der Waals surface area (Å²) in [7, 11) is 0. The Morgan fingerprint density at radius 2 is 1.81 bits per heavy atom. The molecule has 4 rings (SSSR count). The van der Waals surface area contributed by atoms with E-state index in [0.29, 0.717) is 22.6 Å². The third-order valence-electron chi connectivity index (χ3n) is 5.84. The topological polar surface area (TPSA) is 122 Å². The first kappa shape index (κ1) is 27.4. The molecule has 0 atom stereocenters. The van der Waals surface area contributed by atoms with E-state index in [-0.39, 0.29) is 30.5 Å². The number of rotatable bonds is 8. The van der Waals surface area contributed by atoms with Gasteiger partial charge in [-0.3, -0.25) is 0 Å².